The molecule has 0 unspecified atom stereocenters. The third-order valence-electron chi connectivity index (χ3n) is 7.67. The molecule has 4 nitrogen and oxygen atoms in total. The number of hydrogen-bond acceptors (Lipinski definition) is 2. The van der Waals surface area contributed by atoms with Gasteiger partial charge in [0.15, 0.2) is 0 Å². The van der Waals surface area contributed by atoms with Gasteiger partial charge in [-0.2, -0.15) is 0 Å². The molecule has 204 valence electrons. The molecule has 0 spiro atoms. The van der Waals surface area contributed by atoms with E-state index in [-0.39, 0.29) is 20.1 Å². The molecule has 2 aromatic heterocycles. The van der Waals surface area contributed by atoms with E-state index in [0.29, 0.717) is 0 Å². The second kappa shape index (κ2) is 11.4. The number of aryl methyl sites for hydroxylation is 2. The molecule has 5 heteroatoms. The summed E-state index contributed by atoms with van der Waals surface area (Å²) in [5.41, 5.74) is 11.4. The molecule has 0 aliphatic carbocycles. The molecular weight excluding hydrogens is 693 g/mol. The average molecular weight is 721 g/mol. The maximum absolute atomic E-state index is 4.22. The Morgan fingerprint density at radius 1 is 0.762 bits per heavy atom. The van der Waals surface area contributed by atoms with Crippen molar-refractivity contribution in [1.82, 2.24) is 9.55 Å². The number of rotatable bonds is 2. The van der Waals surface area contributed by atoms with Crippen molar-refractivity contribution in [3.05, 3.63) is 145 Å². The Balaban J connectivity index is 0.000000205. The SMILES string of the molecule is Cc1cccc(C)c1-n1[c-][n+]2c3c(cccc31)N(C)c1cc3ccccc3[c-]c1-2.[Ir+3].[c-]1ccccc1-c1ccccn1. The summed E-state index contributed by atoms with van der Waals surface area (Å²) in [6.07, 6.45) is 5.43. The minimum absolute atomic E-state index is 0. The third-order valence-corrected chi connectivity index (χ3v) is 7.67. The van der Waals surface area contributed by atoms with E-state index in [2.05, 4.69) is 125 Å². The van der Waals surface area contributed by atoms with Crippen LogP contribution in [0.3, 0.4) is 0 Å². The summed E-state index contributed by atoms with van der Waals surface area (Å²) in [6.45, 7) is 4.32. The normalized spacial score (nSPS) is 11.5. The van der Waals surface area contributed by atoms with E-state index in [1.54, 1.807) is 6.20 Å². The quantitative estimate of drug-likeness (QED) is 0.134. The van der Waals surface area contributed by atoms with Gasteiger partial charge in [-0.15, -0.1) is 70.9 Å². The van der Waals surface area contributed by atoms with Gasteiger partial charge in [-0.05, 0) is 48.5 Å². The van der Waals surface area contributed by atoms with Crippen LogP contribution in [0.1, 0.15) is 11.1 Å². The maximum Gasteiger partial charge on any atom is 3.00 e. The zero-order chi connectivity index (χ0) is 27.9. The van der Waals surface area contributed by atoms with Crippen molar-refractivity contribution >= 4 is 33.2 Å². The van der Waals surface area contributed by atoms with E-state index in [1.807, 2.05) is 42.5 Å². The second-order valence-corrected chi connectivity index (χ2v) is 10.3. The van der Waals surface area contributed by atoms with Gasteiger partial charge >= 0.3 is 20.1 Å². The molecule has 7 aromatic rings. The summed E-state index contributed by atoms with van der Waals surface area (Å²) < 4.78 is 4.38. The predicted octanol–water partition coefficient (Wildman–Crippen LogP) is 7.91. The fourth-order valence-electron chi connectivity index (χ4n) is 5.67. The first-order valence-electron chi connectivity index (χ1n) is 13.7. The van der Waals surface area contributed by atoms with Gasteiger partial charge in [0.1, 0.15) is 5.52 Å². The predicted molar refractivity (Wildman–Crippen MR) is 166 cm³/mol. The van der Waals surface area contributed by atoms with Crippen molar-refractivity contribution in [3.8, 4) is 22.6 Å². The number of aromatic nitrogens is 3. The van der Waals surface area contributed by atoms with Crippen LogP contribution in [0.25, 0.3) is 44.4 Å². The van der Waals surface area contributed by atoms with E-state index in [9.17, 15) is 0 Å². The van der Waals surface area contributed by atoms with Crippen LogP contribution in [0.2, 0.25) is 0 Å². The Labute approximate surface area is 259 Å². The number of nitrogens with zero attached hydrogens (tertiary/aromatic N) is 4. The molecule has 0 bridgehead atoms. The van der Waals surface area contributed by atoms with Crippen LogP contribution in [0.5, 0.6) is 0 Å². The second-order valence-electron chi connectivity index (χ2n) is 10.3. The van der Waals surface area contributed by atoms with Gasteiger partial charge in [-0.25, -0.2) is 0 Å². The van der Waals surface area contributed by atoms with Crippen molar-refractivity contribution in [3.63, 3.8) is 0 Å². The number of pyridine rings is 1. The van der Waals surface area contributed by atoms with Gasteiger partial charge in [-0.3, -0.25) is 4.57 Å². The van der Waals surface area contributed by atoms with E-state index in [1.165, 1.54) is 27.9 Å². The Morgan fingerprint density at radius 2 is 1.52 bits per heavy atom. The fraction of sp³-hybridized carbons (Fsp3) is 0.0811. The van der Waals surface area contributed by atoms with Crippen molar-refractivity contribution in [2.75, 3.05) is 11.9 Å². The molecule has 0 radical (unpaired) electrons. The largest absolute Gasteiger partial charge is 3.00 e. The van der Waals surface area contributed by atoms with Crippen LogP contribution >= 0.6 is 0 Å². The molecule has 0 saturated carbocycles. The first-order chi connectivity index (χ1) is 20.1. The Morgan fingerprint density at radius 3 is 2.29 bits per heavy atom. The summed E-state index contributed by atoms with van der Waals surface area (Å²) in [7, 11) is 2.13. The monoisotopic (exact) mass is 721 g/mol. The van der Waals surface area contributed by atoms with Gasteiger partial charge in [0.25, 0.3) is 6.33 Å². The van der Waals surface area contributed by atoms with Gasteiger partial charge in [0.2, 0.25) is 0 Å². The summed E-state index contributed by atoms with van der Waals surface area (Å²) in [6, 6.07) is 44.1. The van der Waals surface area contributed by atoms with Crippen LogP contribution in [-0.4, -0.2) is 16.6 Å². The first-order valence-corrected chi connectivity index (χ1v) is 13.7. The van der Waals surface area contributed by atoms with Crippen LogP contribution < -0.4 is 9.47 Å². The summed E-state index contributed by atoms with van der Waals surface area (Å²) in [5.74, 6) is 0. The molecule has 0 atom stereocenters. The van der Waals surface area contributed by atoms with E-state index in [4.69, 9.17) is 0 Å². The number of fused-ring (bicyclic) bond motifs is 3. The van der Waals surface area contributed by atoms with Gasteiger partial charge in [-0.1, -0.05) is 54.6 Å². The molecule has 0 N–H and O–H groups in total. The maximum atomic E-state index is 4.22. The van der Waals surface area contributed by atoms with Gasteiger partial charge in [0, 0.05) is 24.6 Å². The van der Waals surface area contributed by atoms with Gasteiger partial charge < -0.3 is 14.5 Å². The molecule has 1 aliphatic rings. The average Bonchev–Trinajstić information content (AvgIpc) is 3.40. The summed E-state index contributed by atoms with van der Waals surface area (Å²) >= 11 is 0. The number of hydrogen-bond donors (Lipinski definition) is 0. The minimum Gasteiger partial charge on any atom is -0.390 e. The number of benzene rings is 5. The van der Waals surface area contributed by atoms with Crippen LogP contribution in [-0.2, 0) is 20.1 Å². The zero-order valence-electron chi connectivity index (χ0n) is 23.6. The smallest absolute Gasteiger partial charge is 0.390 e. The first kappa shape index (κ1) is 27.6. The fourth-order valence-corrected chi connectivity index (χ4v) is 5.67. The topological polar surface area (TPSA) is 24.9 Å². The molecule has 8 rings (SSSR count). The summed E-state index contributed by atoms with van der Waals surface area (Å²) in [5, 5.41) is 2.32. The molecule has 42 heavy (non-hydrogen) atoms. The van der Waals surface area contributed by atoms with Crippen LogP contribution in [0.4, 0.5) is 11.4 Å². The molecule has 5 aromatic carbocycles. The summed E-state index contributed by atoms with van der Waals surface area (Å²) in [4.78, 5) is 6.49. The molecule has 3 heterocycles. The minimum atomic E-state index is 0. The van der Waals surface area contributed by atoms with E-state index >= 15 is 0 Å². The Hall–Kier alpha value is -4.57. The third kappa shape index (κ3) is 4.71. The molecule has 0 fully saturated rings. The van der Waals surface area contributed by atoms with E-state index in [0.717, 1.165) is 39.1 Å². The number of imidazole rings is 1. The number of anilines is 2. The van der Waals surface area contributed by atoms with Crippen molar-refractivity contribution in [2.24, 2.45) is 0 Å². The van der Waals surface area contributed by atoms with Crippen molar-refractivity contribution < 1.29 is 24.7 Å². The molecule has 1 aliphatic heterocycles. The Kier molecular flexibility index (Phi) is 7.47. The van der Waals surface area contributed by atoms with Crippen molar-refractivity contribution in [2.45, 2.75) is 13.8 Å². The molecule has 0 amide bonds. The standard InChI is InChI=1S/C26H20N3.C11H8N.Ir/c1-17-8-6-9-18(2)25(17)28-16-29-24-15-20-11-5-4-10-19(20)14-23(24)27(3)21-12-7-13-22(28)26(21)29;1-2-6-10(7-3-1)11-8-4-5-9-12-11;/h4-14H,1-3H3;1-6,8-9H;/q2*-1;+3. The van der Waals surface area contributed by atoms with Crippen LogP contribution in [0.15, 0.2) is 115 Å². The van der Waals surface area contributed by atoms with E-state index < -0.39 is 0 Å². The van der Waals surface area contributed by atoms with Crippen LogP contribution in [0, 0.1) is 32.3 Å². The number of para-hydroxylation sites is 2. The Bertz CT molecular complexity index is 1970. The van der Waals surface area contributed by atoms with Crippen molar-refractivity contribution in [1.29, 1.82) is 0 Å². The zero-order valence-corrected chi connectivity index (χ0v) is 26.0. The van der Waals surface area contributed by atoms with Gasteiger partial charge in [0.05, 0.1) is 11.2 Å². The molecular formula is C37H28IrN4+. The molecule has 0 saturated heterocycles.